The van der Waals surface area contributed by atoms with Crippen LogP contribution in [0, 0.1) is 6.92 Å². The van der Waals surface area contributed by atoms with E-state index in [2.05, 4.69) is 0 Å². The van der Waals surface area contributed by atoms with E-state index < -0.39 is 6.10 Å². The fraction of sp³-hybridized carbons (Fsp3) is 0.500. The van der Waals surface area contributed by atoms with Crippen LogP contribution in [0.5, 0.6) is 0 Å². The zero-order chi connectivity index (χ0) is 10.6. The lowest BCUT2D eigenvalue weighted by molar-refractivity contribution is 0.134. The van der Waals surface area contributed by atoms with Gasteiger partial charge < -0.3 is 10.8 Å². The highest BCUT2D eigenvalue weighted by molar-refractivity contribution is 5.25. The Morgan fingerprint density at radius 2 is 2.14 bits per heavy atom. The number of rotatable bonds is 4. The molecule has 0 radical (unpaired) electrons. The predicted octanol–water partition coefficient (Wildman–Crippen LogP) is 2.16. The molecule has 0 saturated heterocycles. The van der Waals surface area contributed by atoms with Gasteiger partial charge in [-0.1, -0.05) is 43.2 Å². The van der Waals surface area contributed by atoms with Gasteiger partial charge in [-0.05, 0) is 18.9 Å². The highest BCUT2D eigenvalue weighted by Crippen LogP contribution is 2.18. The highest BCUT2D eigenvalue weighted by atomic mass is 16.3. The van der Waals surface area contributed by atoms with Crippen molar-refractivity contribution in [2.75, 3.05) is 0 Å². The van der Waals surface area contributed by atoms with Crippen molar-refractivity contribution in [1.29, 1.82) is 0 Å². The Morgan fingerprint density at radius 1 is 1.43 bits per heavy atom. The summed E-state index contributed by atoms with van der Waals surface area (Å²) in [6.07, 6.45) is 1.29. The lowest BCUT2D eigenvalue weighted by Crippen LogP contribution is -2.25. The second-order valence-electron chi connectivity index (χ2n) is 3.80. The molecule has 0 aliphatic carbocycles. The molecule has 2 heteroatoms. The van der Waals surface area contributed by atoms with Crippen molar-refractivity contribution in [3.63, 3.8) is 0 Å². The van der Waals surface area contributed by atoms with Crippen LogP contribution in [0.2, 0.25) is 0 Å². The molecule has 0 aromatic heterocycles. The summed E-state index contributed by atoms with van der Waals surface area (Å²) < 4.78 is 0. The number of aliphatic hydroxyl groups excluding tert-OH is 1. The van der Waals surface area contributed by atoms with Gasteiger partial charge in [0, 0.05) is 0 Å². The Kier molecular flexibility index (Phi) is 4.11. The second-order valence-corrected chi connectivity index (χ2v) is 3.80. The molecule has 3 N–H and O–H groups in total. The number of hydrogen-bond donors (Lipinski definition) is 2. The van der Waals surface area contributed by atoms with E-state index >= 15 is 0 Å². The SMILES string of the molecule is CCC[C@@H](O)[C@@H](N)c1cccc(C)c1. The van der Waals surface area contributed by atoms with Gasteiger partial charge in [-0.25, -0.2) is 0 Å². The molecule has 0 unspecified atom stereocenters. The summed E-state index contributed by atoms with van der Waals surface area (Å²) in [5, 5.41) is 9.74. The van der Waals surface area contributed by atoms with Gasteiger partial charge in [0.15, 0.2) is 0 Å². The van der Waals surface area contributed by atoms with Crippen LogP contribution in [0.1, 0.15) is 36.9 Å². The molecule has 0 spiro atoms. The number of nitrogens with two attached hydrogens (primary N) is 1. The first-order chi connectivity index (χ1) is 6.65. The average molecular weight is 193 g/mol. The largest absolute Gasteiger partial charge is 0.391 e. The van der Waals surface area contributed by atoms with E-state index in [1.165, 1.54) is 5.56 Å². The summed E-state index contributed by atoms with van der Waals surface area (Å²) in [4.78, 5) is 0. The van der Waals surface area contributed by atoms with Crippen LogP contribution in [0.25, 0.3) is 0 Å². The van der Waals surface area contributed by atoms with Crippen molar-refractivity contribution in [2.24, 2.45) is 5.73 Å². The molecule has 0 heterocycles. The first-order valence-corrected chi connectivity index (χ1v) is 5.15. The van der Waals surface area contributed by atoms with Gasteiger partial charge >= 0.3 is 0 Å². The van der Waals surface area contributed by atoms with Crippen molar-refractivity contribution in [1.82, 2.24) is 0 Å². The molecule has 0 fully saturated rings. The van der Waals surface area contributed by atoms with Gasteiger partial charge in [0.2, 0.25) is 0 Å². The van der Waals surface area contributed by atoms with Crippen LogP contribution >= 0.6 is 0 Å². The van der Waals surface area contributed by atoms with E-state index in [0.717, 1.165) is 18.4 Å². The summed E-state index contributed by atoms with van der Waals surface area (Å²) in [5.74, 6) is 0. The first kappa shape index (κ1) is 11.2. The zero-order valence-electron chi connectivity index (χ0n) is 8.90. The van der Waals surface area contributed by atoms with E-state index in [4.69, 9.17) is 5.73 Å². The lowest BCUT2D eigenvalue weighted by Gasteiger charge is -2.18. The van der Waals surface area contributed by atoms with E-state index in [9.17, 15) is 5.11 Å². The Morgan fingerprint density at radius 3 is 2.71 bits per heavy atom. The van der Waals surface area contributed by atoms with Gasteiger partial charge in [-0.3, -0.25) is 0 Å². The number of aryl methyl sites for hydroxylation is 1. The van der Waals surface area contributed by atoms with Crippen molar-refractivity contribution in [3.8, 4) is 0 Å². The van der Waals surface area contributed by atoms with Gasteiger partial charge in [0.05, 0.1) is 12.1 Å². The topological polar surface area (TPSA) is 46.2 Å². The highest BCUT2D eigenvalue weighted by Gasteiger charge is 2.15. The fourth-order valence-corrected chi connectivity index (χ4v) is 1.57. The Bertz CT molecular complexity index is 285. The maximum absolute atomic E-state index is 9.74. The summed E-state index contributed by atoms with van der Waals surface area (Å²) >= 11 is 0. The molecule has 1 aromatic carbocycles. The maximum atomic E-state index is 9.74. The Hall–Kier alpha value is -0.860. The maximum Gasteiger partial charge on any atom is 0.0732 e. The van der Waals surface area contributed by atoms with Gasteiger partial charge in [0.25, 0.3) is 0 Å². The fourth-order valence-electron chi connectivity index (χ4n) is 1.57. The molecule has 1 aromatic rings. The van der Waals surface area contributed by atoms with Crippen molar-refractivity contribution in [3.05, 3.63) is 35.4 Å². The first-order valence-electron chi connectivity index (χ1n) is 5.15. The standard InChI is InChI=1S/C12H19NO/c1-3-5-11(14)12(13)10-7-4-6-9(2)8-10/h4,6-8,11-12,14H,3,5,13H2,1-2H3/t11-,12+/m1/s1. The smallest absolute Gasteiger partial charge is 0.0732 e. The molecule has 2 atom stereocenters. The summed E-state index contributed by atoms with van der Waals surface area (Å²) in [5.41, 5.74) is 8.14. The molecule has 0 saturated carbocycles. The third-order valence-electron chi connectivity index (χ3n) is 2.43. The predicted molar refractivity (Wildman–Crippen MR) is 59.0 cm³/mol. The van der Waals surface area contributed by atoms with E-state index in [1.807, 2.05) is 38.1 Å². The summed E-state index contributed by atoms with van der Waals surface area (Å²) in [6.45, 7) is 4.08. The third-order valence-corrected chi connectivity index (χ3v) is 2.43. The second kappa shape index (κ2) is 5.13. The lowest BCUT2D eigenvalue weighted by atomic mass is 9.98. The Labute approximate surface area is 85.8 Å². The number of hydrogen-bond acceptors (Lipinski definition) is 2. The molecule has 0 aliphatic rings. The normalized spacial score (nSPS) is 15.1. The molecule has 0 bridgehead atoms. The van der Waals surface area contributed by atoms with Crippen LogP contribution in [-0.2, 0) is 0 Å². The van der Waals surface area contributed by atoms with E-state index in [-0.39, 0.29) is 6.04 Å². The molecule has 14 heavy (non-hydrogen) atoms. The minimum absolute atomic E-state index is 0.255. The van der Waals surface area contributed by atoms with Crippen LogP contribution in [0.4, 0.5) is 0 Å². The average Bonchev–Trinajstić information content (AvgIpc) is 2.17. The van der Waals surface area contributed by atoms with Gasteiger partial charge in [-0.2, -0.15) is 0 Å². The van der Waals surface area contributed by atoms with Gasteiger partial charge in [0.1, 0.15) is 0 Å². The third kappa shape index (κ3) is 2.82. The molecule has 0 amide bonds. The number of aliphatic hydroxyl groups is 1. The van der Waals surface area contributed by atoms with E-state index in [0.29, 0.717) is 0 Å². The minimum Gasteiger partial charge on any atom is -0.391 e. The summed E-state index contributed by atoms with van der Waals surface area (Å²) in [6, 6.07) is 7.75. The molecule has 2 nitrogen and oxygen atoms in total. The molecular weight excluding hydrogens is 174 g/mol. The minimum atomic E-state index is -0.429. The van der Waals surface area contributed by atoms with Crippen molar-refractivity contribution < 1.29 is 5.11 Å². The van der Waals surface area contributed by atoms with Crippen LogP contribution in [0.3, 0.4) is 0 Å². The van der Waals surface area contributed by atoms with Crippen molar-refractivity contribution >= 4 is 0 Å². The quantitative estimate of drug-likeness (QED) is 0.769. The molecule has 1 rings (SSSR count). The zero-order valence-corrected chi connectivity index (χ0v) is 8.90. The molecular formula is C12H19NO. The van der Waals surface area contributed by atoms with Crippen molar-refractivity contribution in [2.45, 2.75) is 38.8 Å². The number of benzene rings is 1. The van der Waals surface area contributed by atoms with Gasteiger partial charge in [-0.15, -0.1) is 0 Å². The monoisotopic (exact) mass is 193 g/mol. The molecule has 78 valence electrons. The summed E-state index contributed by atoms with van der Waals surface area (Å²) in [7, 11) is 0. The van der Waals surface area contributed by atoms with E-state index in [1.54, 1.807) is 0 Å². The van der Waals surface area contributed by atoms with Crippen LogP contribution in [0.15, 0.2) is 24.3 Å². The molecule has 0 aliphatic heterocycles. The van der Waals surface area contributed by atoms with Crippen LogP contribution < -0.4 is 5.73 Å². The Balaban J connectivity index is 2.73. The van der Waals surface area contributed by atoms with Crippen LogP contribution in [-0.4, -0.2) is 11.2 Å².